The summed E-state index contributed by atoms with van der Waals surface area (Å²) in [6, 6.07) is 4.91. The van der Waals surface area contributed by atoms with Crippen LogP contribution in [0.4, 0.5) is 0 Å². The van der Waals surface area contributed by atoms with E-state index in [4.69, 9.17) is 16.3 Å². The van der Waals surface area contributed by atoms with E-state index >= 15 is 0 Å². The van der Waals surface area contributed by atoms with Crippen LogP contribution in [0, 0.1) is 0 Å². The van der Waals surface area contributed by atoms with E-state index in [0.29, 0.717) is 15.9 Å². The Morgan fingerprint density at radius 1 is 1.40 bits per heavy atom. The predicted molar refractivity (Wildman–Crippen MR) is 76.5 cm³/mol. The van der Waals surface area contributed by atoms with Crippen LogP contribution in [0.5, 0.6) is 0 Å². The van der Waals surface area contributed by atoms with Crippen molar-refractivity contribution in [2.24, 2.45) is 0 Å². The maximum absolute atomic E-state index is 11.8. The molecular formula is C13H14ClNO4S. The number of fused-ring (bicyclic) bond motifs is 1. The molecule has 1 aromatic heterocycles. The Morgan fingerprint density at radius 3 is 2.60 bits per heavy atom. The lowest BCUT2D eigenvalue weighted by molar-refractivity contribution is -0.149. The zero-order valence-electron chi connectivity index (χ0n) is 11.3. The predicted octanol–water partition coefficient (Wildman–Crippen LogP) is 2.78. The highest BCUT2D eigenvalue weighted by Gasteiger charge is 2.20. The molecule has 0 amide bonds. The molecule has 0 aliphatic heterocycles. The van der Waals surface area contributed by atoms with Crippen LogP contribution in [-0.4, -0.2) is 25.2 Å². The molecule has 0 radical (unpaired) electrons. The monoisotopic (exact) mass is 315 g/mol. The first-order chi connectivity index (χ1) is 9.20. The summed E-state index contributed by atoms with van der Waals surface area (Å²) in [6.07, 6.45) is 1.98. The van der Waals surface area contributed by atoms with Crippen molar-refractivity contribution in [1.82, 2.24) is 4.57 Å². The van der Waals surface area contributed by atoms with Gasteiger partial charge in [-0.15, -0.1) is 0 Å². The van der Waals surface area contributed by atoms with Crippen LogP contribution in [0.15, 0.2) is 29.3 Å². The van der Waals surface area contributed by atoms with E-state index in [2.05, 4.69) is 0 Å². The van der Waals surface area contributed by atoms with E-state index in [1.54, 1.807) is 29.7 Å². The number of halogens is 1. The van der Waals surface area contributed by atoms with Gasteiger partial charge in [0.25, 0.3) is 0 Å². The topological polar surface area (TPSA) is 65.4 Å². The molecule has 0 saturated carbocycles. The van der Waals surface area contributed by atoms with Gasteiger partial charge >= 0.3 is 5.97 Å². The van der Waals surface area contributed by atoms with Gasteiger partial charge in [-0.1, -0.05) is 17.7 Å². The van der Waals surface area contributed by atoms with Crippen LogP contribution in [0.25, 0.3) is 10.9 Å². The Kier molecular flexibility index (Phi) is 3.80. The van der Waals surface area contributed by atoms with Gasteiger partial charge in [0.15, 0.2) is 16.1 Å². The molecule has 0 N–H and O–H groups in total. The summed E-state index contributed by atoms with van der Waals surface area (Å²) in [6.45, 7) is 2.96. The molecule has 0 bridgehead atoms. The zero-order chi connectivity index (χ0) is 15.1. The Labute approximate surface area is 122 Å². The molecule has 0 aliphatic rings. The fourth-order valence-electron chi connectivity index (χ4n) is 2.09. The van der Waals surface area contributed by atoms with Gasteiger partial charge in [-0.25, -0.2) is 8.42 Å². The first kappa shape index (κ1) is 14.9. The summed E-state index contributed by atoms with van der Waals surface area (Å²) < 4.78 is 30.4. The summed E-state index contributed by atoms with van der Waals surface area (Å²) >= 11 is 5.95. The van der Waals surface area contributed by atoms with Crippen LogP contribution in [-0.2, 0) is 19.4 Å². The molecule has 2 rings (SSSR count). The number of nitrogens with zero attached hydrogens (tertiary/aromatic N) is 1. The molecular weight excluding hydrogens is 302 g/mol. The molecule has 0 spiro atoms. The number of esters is 1. The molecule has 2 aromatic rings. The van der Waals surface area contributed by atoms with Gasteiger partial charge in [-0.3, -0.25) is 4.79 Å². The van der Waals surface area contributed by atoms with Crippen LogP contribution < -0.4 is 0 Å². The first-order valence-corrected chi connectivity index (χ1v) is 8.14. The fraction of sp³-hybridized carbons (Fsp3) is 0.308. The minimum Gasteiger partial charge on any atom is -0.442 e. The van der Waals surface area contributed by atoms with Gasteiger partial charge in [0.2, 0.25) is 0 Å². The van der Waals surface area contributed by atoms with Crippen molar-refractivity contribution >= 4 is 38.3 Å². The van der Waals surface area contributed by atoms with Crippen molar-refractivity contribution < 1.29 is 17.9 Å². The Bertz CT molecular complexity index is 779. The molecule has 1 unspecified atom stereocenters. The summed E-state index contributed by atoms with van der Waals surface area (Å²) in [7, 11) is -3.39. The number of sulfone groups is 1. The molecule has 0 fully saturated rings. The van der Waals surface area contributed by atoms with Crippen molar-refractivity contribution in [1.29, 1.82) is 0 Å². The average Bonchev–Trinajstić information content (AvgIpc) is 2.66. The van der Waals surface area contributed by atoms with Gasteiger partial charge in [-0.2, -0.15) is 0 Å². The number of carbonyl (C=O) groups excluding carboxylic acids is 1. The van der Waals surface area contributed by atoms with E-state index in [0.717, 1.165) is 6.26 Å². The number of hydrogen-bond donors (Lipinski definition) is 0. The number of rotatable bonds is 3. The summed E-state index contributed by atoms with van der Waals surface area (Å²) in [4.78, 5) is 11.2. The second kappa shape index (κ2) is 5.10. The summed E-state index contributed by atoms with van der Waals surface area (Å²) in [5.41, 5.74) is 0.603. The number of hydrogen-bond acceptors (Lipinski definition) is 4. The molecule has 7 heteroatoms. The highest BCUT2D eigenvalue weighted by atomic mass is 35.5. The second-order valence-corrected chi connectivity index (χ2v) is 6.96. The van der Waals surface area contributed by atoms with Crippen LogP contribution in [0.1, 0.15) is 20.1 Å². The highest BCUT2D eigenvalue weighted by molar-refractivity contribution is 7.91. The SMILES string of the molecule is CC(=O)OC(C)n1cc(S(C)(=O)=O)c2ccc(Cl)cc21. The molecule has 1 atom stereocenters. The highest BCUT2D eigenvalue weighted by Crippen LogP contribution is 2.30. The van der Waals surface area contributed by atoms with Gasteiger partial charge in [-0.05, 0) is 19.1 Å². The molecule has 0 aliphatic carbocycles. The number of ether oxygens (including phenoxy) is 1. The molecule has 0 saturated heterocycles. The molecule has 20 heavy (non-hydrogen) atoms. The standard InChI is InChI=1S/C13H14ClNO4S/c1-8(19-9(2)16)15-7-13(20(3,17)18)11-5-4-10(14)6-12(11)15/h4-8H,1-3H3. The van der Waals surface area contributed by atoms with Crippen molar-refractivity contribution in [3.63, 3.8) is 0 Å². The minimum absolute atomic E-state index is 0.183. The van der Waals surface area contributed by atoms with Crippen molar-refractivity contribution in [3.05, 3.63) is 29.4 Å². The molecule has 1 aromatic carbocycles. The van der Waals surface area contributed by atoms with E-state index in [9.17, 15) is 13.2 Å². The lowest BCUT2D eigenvalue weighted by Gasteiger charge is -2.14. The van der Waals surface area contributed by atoms with Crippen molar-refractivity contribution in [2.75, 3.05) is 6.26 Å². The quantitative estimate of drug-likeness (QED) is 0.817. The Morgan fingerprint density at radius 2 is 2.05 bits per heavy atom. The molecule has 5 nitrogen and oxygen atoms in total. The van der Waals surface area contributed by atoms with Gasteiger partial charge in [0.1, 0.15) is 0 Å². The lowest BCUT2D eigenvalue weighted by atomic mass is 10.2. The third-order valence-corrected chi connectivity index (χ3v) is 4.25. The lowest BCUT2D eigenvalue weighted by Crippen LogP contribution is -2.11. The van der Waals surface area contributed by atoms with Gasteiger partial charge < -0.3 is 9.30 Å². The van der Waals surface area contributed by atoms with E-state index in [1.165, 1.54) is 13.1 Å². The number of aromatic nitrogens is 1. The largest absolute Gasteiger partial charge is 0.442 e. The summed E-state index contributed by atoms with van der Waals surface area (Å²) in [5.74, 6) is -0.442. The third kappa shape index (κ3) is 2.81. The van der Waals surface area contributed by atoms with Gasteiger partial charge in [0.05, 0.1) is 10.4 Å². The second-order valence-electron chi connectivity index (χ2n) is 4.54. The maximum atomic E-state index is 11.8. The fourth-order valence-corrected chi connectivity index (χ4v) is 3.13. The molecule has 1 heterocycles. The van der Waals surface area contributed by atoms with Crippen LogP contribution >= 0.6 is 11.6 Å². The summed E-state index contributed by atoms with van der Waals surface area (Å²) in [5, 5.41) is 1.03. The minimum atomic E-state index is -3.39. The third-order valence-electron chi connectivity index (χ3n) is 2.89. The van der Waals surface area contributed by atoms with E-state index in [-0.39, 0.29) is 4.90 Å². The Hall–Kier alpha value is -1.53. The normalized spacial score (nSPS) is 13.4. The van der Waals surface area contributed by atoms with E-state index in [1.807, 2.05) is 0 Å². The van der Waals surface area contributed by atoms with E-state index < -0.39 is 22.0 Å². The Balaban J connectivity index is 2.71. The zero-order valence-corrected chi connectivity index (χ0v) is 12.8. The van der Waals surface area contributed by atoms with Crippen molar-refractivity contribution in [3.8, 4) is 0 Å². The smallest absolute Gasteiger partial charge is 0.304 e. The van der Waals surface area contributed by atoms with Crippen molar-refractivity contribution in [2.45, 2.75) is 25.0 Å². The average molecular weight is 316 g/mol. The number of benzene rings is 1. The van der Waals surface area contributed by atoms with Crippen LogP contribution in [0.3, 0.4) is 0 Å². The molecule has 108 valence electrons. The van der Waals surface area contributed by atoms with Crippen LogP contribution in [0.2, 0.25) is 5.02 Å². The first-order valence-electron chi connectivity index (χ1n) is 5.87. The maximum Gasteiger partial charge on any atom is 0.304 e. The number of carbonyl (C=O) groups is 1. The van der Waals surface area contributed by atoms with Gasteiger partial charge in [0, 0.05) is 29.8 Å².